The Bertz CT molecular complexity index is 610. The van der Waals surface area contributed by atoms with Gasteiger partial charge in [-0.1, -0.05) is 18.2 Å². The minimum atomic E-state index is -0.408. The Kier molecular flexibility index (Phi) is 6.46. The molecule has 0 bridgehead atoms. The molecule has 3 rings (SSSR count). The van der Waals surface area contributed by atoms with E-state index in [-0.39, 0.29) is 30.3 Å². The Hall–Kier alpha value is -2.12. The van der Waals surface area contributed by atoms with Crippen molar-refractivity contribution in [1.82, 2.24) is 15.5 Å². The van der Waals surface area contributed by atoms with Crippen molar-refractivity contribution in [2.45, 2.75) is 18.9 Å². The van der Waals surface area contributed by atoms with Gasteiger partial charge in [-0.05, 0) is 25.0 Å². The Balaban J connectivity index is 1.44. The van der Waals surface area contributed by atoms with Crippen LogP contribution in [0.1, 0.15) is 12.8 Å². The minimum absolute atomic E-state index is 0.0156. The van der Waals surface area contributed by atoms with Gasteiger partial charge in [0.2, 0.25) is 5.91 Å². The lowest BCUT2D eigenvalue weighted by Gasteiger charge is -2.32. The fourth-order valence-corrected chi connectivity index (χ4v) is 3.47. The largest absolute Gasteiger partial charge is 0.484 e. The molecule has 1 aromatic rings. The van der Waals surface area contributed by atoms with Gasteiger partial charge in [-0.25, -0.2) is 0 Å². The van der Waals surface area contributed by atoms with Crippen molar-refractivity contribution in [3.8, 4) is 5.75 Å². The van der Waals surface area contributed by atoms with Crippen LogP contribution in [0, 0.1) is 11.8 Å². The van der Waals surface area contributed by atoms with Gasteiger partial charge in [0.15, 0.2) is 6.61 Å². The average molecular weight is 361 g/mol. The molecule has 0 aliphatic carbocycles. The molecular formula is C19H27N3O4. The molecular weight excluding hydrogens is 334 g/mol. The summed E-state index contributed by atoms with van der Waals surface area (Å²) in [4.78, 5) is 26.5. The summed E-state index contributed by atoms with van der Waals surface area (Å²) in [6, 6.07) is 9.23. The lowest BCUT2D eigenvalue weighted by atomic mass is 9.96. The molecule has 3 atom stereocenters. The first-order chi connectivity index (χ1) is 12.6. The molecule has 3 unspecified atom stereocenters. The molecule has 2 aliphatic rings. The zero-order chi connectivity index (χ0) is 18.4. The fourth-order valence-electron chi connectivity index (χ4n) is 3.47. The van der Waals surface area contributed by atoms with Crippen molar-refractivity contribution in [1.29, 1.82) is 0 Å². The lowest BCUT2D eigenvalue weighted by molar-refractivity contribution is -0.137. The predicted octanol–water partition coefficient (Wildman–Crippen LogP) is 0.000500. The highest BCUT2D eigenvalue weighted by molar-refractivity contribution is 5.82. The van der Waals surface area contributed by atoms with Crippen LogP contribution in [0.15, 0.2) is 30.3 Å². The van der Waals surface area contributed by atoms with E-state index in [4.69, 9.17) is 4.74 Å². The van der Waals surface area contributed by atoms with Crippen molar-refractivity contribution >= 4 is 11.8 Å². The molecule has 7 heteroatoms. The summed E-state index contributed by atoms with van der Waals surface area (Å²) in [6.45, 7) is 2.83. The Labute approximate surface area is 153 Å². The molecule has 3 N–H and O–H groups in total. The van der Waals surface area contributed by atoms with E-state index in [2.05, 4.69) is 10.6 Å². The third-order valence-corrected chi connectivity index (χ3v) is 5.09. The van der Waals surface area contributed by atoms with Gasteiger partial charge in [-0.3, -0.25) is 9.59 Å². The number of ether oxygens (including phenoxy) is 1. The van der Waals surface area contributed by atoms with Crippen LogP contribution in [0.3, 0.4) is 0 Å². The number of rotatable bonds is 6. The van der Waals surface area contributed by atoms with Crippen molar-refractivity contribution < 1.29 is 19.4 Å². The molecule has 2 heterocycles. The molecule has 7 nitrogen and oxygen atoms in total. The second kappa shape index (κ2) is 9.00. The van der Waals surface area contributed by atoms with Crippen molar-refractivity contribution in [2.75, 3.05) is 39.3 Å². The van der Waals surface area contributed by atoms with Gasteiger partial charge >= 0.3 is 0 Å². The number of benzene rings is 1. The molecule has 142 valence electrons. The number of nitrogens with one attached hydrogen (secondary N) is 2. The topological polar surface area (TPSA) is 90.9 Å². The van der Waals surface area contributed by atoms with E-state index >= 15 is 0 Å². The number of carbonyl (C=O) groups excluding carboxylic acids is 2. The summed E-state index contributed by atoms with van der Waals surface area (Å²) in [7, 11) is 0. The van der Waals surface area contributed by atoms with Crippen LogP contribution < -0.4 is 15.4 Å². The number of carbonyl (C=O) groups is 2. The lowest BCUT2D eigenvalue weighted by Crippen LogP contribution is -2.47. The quantitative estimate of drug-likeness (QED) is 0.664. The zero-order valence-corrected chi connectivity index (χ0v) is 14.9. The number of aliphatic hydroxyl groups is 1. The first-order valence-corrected chi connectivity index (χ1v) is 9.25. The number of hydrogen-bond donors (Lipinski definition) is 3. The van der Waals surface area contributed by atoms with E-state index in [9.17, 15) is 14.7 Å². The maximum absolute atomic E-state index is 12.4. The number of hydrogen-bond acceptors (Lipinski definition) is 5. The number of aliphatic hydroxyl groups excluding tert-OH is 1. The molecule has 0 spiro atoms. The summed E-state index contributed by atoms with van der Waals surface area (Å²) in [5, 5.41) is 15.8. The molecule has 2 amide bonds. The van der Waals surface area contributed by atoms with Crippen LogP contribution >= 0.6 is 0 Å². The third-order valence-electron chi connectivity index (χ3n) is 5.09. The maximum Gasteiger partial charge on any atom is 0.260 e. The van der Waals surface area contributed by atoms with Gasteiger partial charge in [-0.2, -0.15) is 0 Å². The minimum Gasteiger partial charge on any atom is -0.484 e. The molecule has 2 aliphatic heterocycles. The van der Waals surface area contributed by atoms with Crippen LogP contribution in [-0.2, 0) is 9.59 Å². The summed E-state index contributed by atoms with van der Waals surface area (Å²) < 4.78 is 5.52. The molecule has 0 saturated carbocycles. The van der Waals surface area contributed by atoms with Gasteiger partial charge < -0.3 is 25.4 Å². The van der Waals surface area contributed by atoms with E-state index in [1.54, 1.807) is 4.90 Å². The number of β-amino-alcohol motifs (C(OH)–C–C–N with tert-alkyl or cyclic N) is 1. The summed E-state index contributed by atoms with van der Waals surface area (Å²) >= 11 is 0. The van der Waals surface area contributed by atoms with Crippen LogP contribution in [0.25, 0.3) is 0 Å². The van der Waals surface area contributed by atoms with E-state index in [0.717, 1.165) is 12.8 Å². The van der Waals surface area contributed by atoms with Gasteiger partial charge in [0.05, 0.1) is 12.0 Å². The Morgan fingerprint density at radius 3 is 2.81 bits per heavy atom. The normalized spacial score (nSPS) is 25.7. The summed E-state index contributed by atoms with van der Waals surface area (Å²) in [5.41, 5.74) is 0. The molecule has 0 radical (unpaired) electrons. The van der Waals surface area contributed by atoms with E-state index in [1.165, 1.54) is 0 Å². The average Bonchev–Trinajstić information content (AvgIpc) is 3.10. The second-order valence-corrected chi connectivity index (χ2v) is 7.01. The Morgan fingerprint density at radius 1 is 1.27 bits per heavy atom. The van der Waals surface area contributed by atoms with Crippen LogP contribution in [0.2, 0.25) is 0 Å². The number of likely N-dealkylation sites (tertiary alicyclic amines) is 1. The first-order valence-electron chi connectivity index (χ1n) is 9.25. The molecule has 1 aromatic carbocycles. The van der Waals surface area contributed by atoms with Crippen LogP contribution in [-0.4, -0.2) is 67.3 Å². The summed E-state index contributed by atoms with van der Waals surface area (Å²) in [6.07, 6.45) is 1.18. The molecule has 2 saturated heterocycles. The van der Waals surface area contributed by atoms with Crippen LogP contribution in [0.5, 0.6) is 5.75 Å². The first kappa shape index (κ1) is 18.7. The highest BCUT2D eigenvalue weighted by Crippen LogP contribution is 2.18. The SMILES string of the molecule is O=C(NCC1CNCC1O)C1CCCN(C(=O)COc2ccccc2)C1. The monoisotopic (exact) mass is 361 g/mol. The molecule has 2 fully saturated rings. The van der Waals surface area contributed by atoms with Crippen molar-refractivity contribution in [3.63, 3.8) is 0 Å². The van der Waals surface area contributed by atoms with Crippen molar-refractivity contribution in [2.24, 2.45) is 11.8 Å². The van der Waals surface area contributed by atoms with E-state index in [0.29, 0.717) is 38.5 Å². The van der Waals surface area contributed by atoms with E-state index in [1.807, 2.05) is 30.3 Å². The zero-order valence-electron chi connectivity index (χ0n) is 14.9. The maximum atomic E-state index is 12.4. The fraction of sp³-hybridized carbons (Fsp3) is 0.579. The number of para-hydroxylation sites is 1. The number of piperidine rings is 1. The van der Waals surface area contributed by atoms with Crippen molar-refractivity contribution in [3.05, 3.63) is 30.3 Å². The Morgan fingerprint density at radius 2 is 2.08 bits per heavy atom. The standard InChI is InChI=1S/C19H27N3O4/c23-17-11-20-9-15(17)10-21-19(25)14-5-4-8-22(12-14)18(24)13-26-16-6-2-1-3-7-16/h1-3,6-7,14-15,17,20,23H,4-5,8-13H2,(H,21,25). The third kappa shape index (κ3) is 4.95. The van der Waals surface area contributed by atoms with Gasteiger partial charge in [0.25, 0.3) is 5.91 Å². The highest BCUT2D eigenvalue weighted by atomic mass is 16.5. The molecule has 0 aromatic heterocycles. The highest BCUT2D eigenvalue weighted by Gasteiger charge is 2.30. The van der Waals surface area contributed by atoms with Gasteiger partial charge in [0.1, 0.15) is 5.75 Å². The number of nitrogens with zero attached hydrogens (tertiary/aromatic N) is 1. The van der Waals surface area contributed by atoms with Crippen LogP contribution in [0.4, 0.5) is 0 Å². The predicted molar refractivity (Wildman–Crippen MR) is 96.6 cm³/mol. The number of amides is 2. The van der Waals surface area contributed by atoms with E-state index < -0.39 is 6.10 Å². The van der Waals surface area contributed by atoms with Gasteiger partial charge in [0, 0.05) is 38.6 Å². The smallest absolute Gasteiger partial charge is 0.260 e. The molecule has 26 heavy (non-hydrogen) atoms. The second-order valence-electron chi connectivity index (χ2n) is 7.01. The van der Waals surface area contributed by atoms with Gasteiger partial charge in [-0.15, -0.1) is 0 Å². The summed E-state index contributed by atoms with van der Waals surface area (Å²) in [5.74, 6) is 0.388.